The molecule has 2 aromatic rings. The van der Waals surface area contributed by atoms with Crippen LogP contribution in [-0.2, 0) is 4.74 Å². The number of halogens is 1. The number of carbonyl (C=O) groups excluding carboxylic acids is 2. The molecule has 0 spiro atoms. The highest BCUT2D eigenvalue weighted by Gasteiger charge is 2.22. The molecule has 0 aliphatic carbocycles. The van der Waals surface area contributed by atoms with Crippen molar-refractivity contribution < 1.29 is 32.9 Å². The molecule has 0 saturated heterocycles. The molecule has 8 nitrogen and oxygen atoms in total. The van der Waals surface area contributed by atoms with Gasteiger partial charge in [0.2, 0.25) is 5.75 Å². The molecule has 0 bridgehead atoms. The summed E-state index contributed by atoms with van der Waals surface area (Å²) in [6.07, 6.45) is -0.813. The lowest BCUT2D eigenvalue weighted by atomic mass is 10.1. The standard InChI is InChI=1S/C21H25FN2O6/c1-21(2,3)30-20(26)24-15-11-12(7-9-14(15)22)23-19(25)13-8-10-16(27-4)18(29-6)17(13)28-5/h7-11H,1-6H3,(H,23,25)(H,24,26). The average molecular weight is 420 g/mol. The van der Waals surface area contributed by atoms with Crippen LogP contribution in [0.3, 0.4) is 0 Å². The van der Waals surface area contributed by atoms with Crippen LogP contribution < -0.4 is 24.8 Å². The van der Waals surface area contributed by atoms with E-state index >= 15 is 0 Å². The molecule has 0 radical (unpaired) electrons. The molecule has 0 saturated carbocycles. The second-order valence-electron chi connectivity index (χ2n) is 7.16. The van der Waals surface area contributed by atoms with E-state index in [1.54, 1.807) is 26.8 Å². The number of nitrogens with one attached hydrogen (secondary N) is 2. The monoisotopic (exact) mass is 420 g/mol. The molecule has 0 fully saturated rings. The van der Waals surface area contributed by atoms with Crippen LogP contribution in [0.15, 0.2) is 30.3 Å². The van der Waals surface area contributed by atoms with Crippen molar-refractivity contribution >= 4 is 23.4 Å². The van der Waals surface area contributed by atoms with Crippen LogP contribution in [0.2, 0.25) is 0 Å². The molecule has 2 aromatic carbocycles. The Balaban J connectivity index is 2.27. The molecule has 0 aliphatic heterocycles. The van der Waals surface area contributed by atoms with E-state index in [1.165, 1.54) is 39.5 Å². The number of benzene rings is 2. The first-order chi connectivity index (χ1) is 14.1. The molecule has 0 heterocycles. The Kier molecular flexibility index (Phi) is 7.10. The maximum atomic E-state index is 14.1. The second-order valence-corrected chi connectivity index (χ2v) is 7.16. The van der Waals surface area contributed by atoms with Gasteiger partial charge in [-0.1, -0.05) is 0 Å². The second kappa shape index (κ2) is 9.34. The van der Waals surface area contributed by atoms with Crippen molar-refractivity contribution in [1.29, 1.82) is 0 Å². The number of hydrogen-bond acceptors (Lipinski definition) is 6. The molecule has 162 valence electrons. The van der Waals surface area contributed by atoms with Gasteiger partial charge in [0.1, 0.15) is 11.4 Å². The highest BCUT2D eigenvalue weighted by Crippen LogP contribution is 2.40. The Morgan fingerprint density at radius 2 is 1.57 bits per heavy atom. The van der Waals surface area contributed by atoms with Crippen molar-refractivity contribution in [2.45, 2.75) is 26.4 Å². The van der Waals surface area contributed by atoms with Gasteiger partial charge in [-0.3, -0.25) is 10.1 Å². The van der Waals surface area contributed by atoms with E-state index in [-0.39, 0.29) is 28.4 Å². The molecule has 0 aromatic heterocycles. The average Bonchev–Trinajstić information content (AvgIpc) is 2.67. The summed E-state index contributed by atoms with van der Waals surface area (Å²) in [5.41, 5.74) is -0.442. The van der Waals surface area contributed by atoms with E-state index in [9.17, 15) is 14.0 Å². The van der Waals surface area contributed by atoms with Crippen LogP contribution >= 0.6 is 0 Å². The van der Waals surface area contributed by atoms with Crippen molar-refractivity contribution in [2.75, 3.05) is 32.0 Å². The highest BCUT2D eigenvalue weighted by atomic mass is 19.1. The predicted molar refractivity (Wildman–Crippen MR) is 110 cm³/mol. The van der Waals surface area contributed by atoms with Gasteiger partial charge in [0, 0.05) is 5.69 Å². The van der Waals surface area contributed by atoms with Gasteiger partial charge in [0.05, 0.1) is 32.6 Å². The summed E-state index contributed by atoms with van der Waals surface area (Å²) in [7, 11) is 4.29. The van der Waals surface area contributed by atoms with Gasteiger partial charge >= 0.3 is 6.09 Å². The maximum Gasteiger partial charge on any atom is 0.412 e. The van der Waals surface area contributed by atoms with Crippen molar-refractivity contribution in [2.24, 2.45) is 0 Å². The first kappa shape index (κ1) is 22.8. The van der Waals surface area contributed by atoms with Gasteiger partial charge in [-0.2, -0.15) is 0 Å². The summed E-state index contributed by atoms with van der Waals surface area (Å²) in [5, 5.41) is 4.96. The first-order valence-electron chi connectivity index (χ1n) is 8.99. The summed E-state index contributed by atoms with van der Waals surface area (Å²) in [5.74, 6) is -0.357. The minimum absolute atomic E-state index is 0.138. The summed E-state index contributed by atoms with van der Waals surface area (Å²) in [6, 6.07) is 6.84. The number of carbonyl (C=O) groups is 2. The lowest BCUT2D eigenvalue weighted by Crippen LogP contribution is -2.27. The molecule has 2 amide bonds. The first-order valence-corrected chi connectivity index (χ1v) is 8.99. The number of methoxy groups -OCH3 is 3. The zero-order valence-electron chi connectivity index (χ0n) is 17.7. The summed E-state index contributed by atoms with van der Waals surface area (Å²) in [6.45, 7) is 5.07. The van der Waals surface area contributed by atoms with E-state index in [0.29, 0.717) is 5.75 Å². The number of amides is 2. The van der Waals surface area contributed by atoms with Crippen molar-refractivity contribution in [1.82, 2.24) is 0 Å². The van der Waals surface area contributed by atoms with Crippen LogP contribution in [-0.4, -0.2) is 38.9 Å². The lowest BCUT2D eigenvalue weighted by molar-refractivity contribution is 0.0635. The summed E-state index contributed by atoms with van der Waals surface area (Å²) in [4.78, 5) is 24.7. The Bertz CT molecular complexity index is 940. The van der Waals surface area contributed by atoms with E-state index in [2.05, 4.69) is 10.6 Å². The van der Waals surface area contributed by atoms with E-state index < -0.39 is 23.4 Å². The van der Waals surface area contributed by atoms with Crippen molar-refractivity contribution in [3.63, 3.8) is 0 Å². The Morgan fingerprint density at radius 3 is 2.13 bits per heavy atom. The number of anilines is 2. The molecule has 2 N–H and O–H groups in total. The van der Waals surface area contributed by atoms with E-state index in [4.69, 9.17) is 18.9 Å². The fourth-order valence-electron chi connectivity index (χ4n) is 2.59. The molecule has 30 heavy (non-hydrogen) atoms. The number of hydrogen-bond donors (Lipinski definition) is 2. The third kappa shape index (κ3) is 5.53. The molecule has 0 aliphatic rings. The van der Waals surface area contributed by atoms with Gasteiger partial charge in [0.25, 0.3) is 5.91 Å². The van der Waals surface area contributed by atoms with E-state index in [1.807, 2.05) is 0 Å². The van der Waals surface area contributed by atoms with Gasteiger partial charge in [-0.25, -0.2) is 9.18 Å². The Labute approximate surface area is 174 Å². The van der Waals surface area contributed by atoms with Crippen LogP contribution in [0, 0.1) is 5.82 Å². The maximum absolute atomic E-state index is 14.1. The Hall–Kier alpha value is -3.49. The van der Waals surface area contributed by atoms with Gasteiger partial charge < -0.3 is 24.3 Å². The summed E-state index contributed by atoms with van der Waals surface area (Å²) < 4.78 is 35.0. The zero-order valence-corrected chi connectivity index (χ0v) is 17.7. The highest BCUT2D eigenvalue weighted by molar-refractivity contribution is 6.07. The molecule has 9 heteroatoms. The topological polar surface area (TPSA) is 95.1 Å². The zero-order chi connectivity index (χ0) is 22.5. The van der Waals surface area contributed by atoms with Crippen LogP contribution in [0.5, 0.6) is 17.2 Å². The number of ether oxygens (including phenoxy) is 4. The third-order valence-electron chi connectivity index (χ3n) is 3.81. The largest absolute Gasteiger partial charge is 0.493 e. The van der Waals surface area contributed by atoms with Gasteiger partial charge in [0.15, 0.2) is 11.5 Å². The van der Waals surface area contributed by atoms with Crippen molar-refractivity contribution in [3.05, 3.63) is 41.7 Å². The van der Waals surface area contributed by atoms with Crippen molar-refractivity contribution in [3.8, 4) is 17.2 Å². The predicted octanol–water partition coefficient (Wildman–Crippen LogP) is 4.45. The quantitative estimate of drug-likeness (QED) is 0.717. The fraction of sp³-hybridized carbons (Fsp3) is 0.333. The van der Waals surface area contributed by atoms with Crippen LogP contribution in [0.1, 0.15) is 31.1 Å². The smallest absolute Gasteiger partial charge is 0.412 e. The van der Waals surface area contributed by atoms with Crippen LogP contribution in [0.4, 0.5) is 20.6 Å². The molecule has 2 rings (SSSR count). The lowest BCUT2D eigenvalue weighted by Gasteiger charge is -2.20. The Morgan fingerprint density at radius 1 is 0.900 bits per heavy atom. The third-order valence-corrected chi connectivity index (χ3v) is 3.81. The minimum Gasteiger partial charge on any atom is -0.493 e. The van der Waals surface area contributed by atoms with Gasteiger partial charge in [-0.05, 0) is 51.1 Å². The molecular formula is C21H25FN2O6. The molecule has 0 unspecified atom stereocenters. The normalized spacial score (nSPS) is 10.8. The van der Waals surface area contributed by atoms with Crippen LogP contribution in [0.25, 0.3) is 0 Å². The fourth-order valence-corrected chi connectivity index (χ4v) is 2.59. The summed E-state index contributed by atoms with van der Waals surface area (Å²) >= 11 is 0. The van der Waals surface area contributed by atoms with E-state index in [0.717, 1.165) is 6.07 Å². The molecule has 0 atom stereocenters. The van der Waals surface area contributed by atoms with Gasteiger partial charge in [-0.15, -0.1) is 0 Å². The SMILES string of the molecule is COc1ccc(C(=O)Nc2ccc(F)c(NC(=O)OC(C)(C)C)c2)c(OC)c1OC. The molecular weight excluding hydrogens is 395 g/mol. The number of rotatable bonds is 6. The minimum atomic E-state index is -0.813.